The lowest BCUT2D eigenvalue weighted by Crippen LogP contribution is -2.53. The summed E-state index contributed by atoms with van der Waals surface area (Å²) in [7, 11) is 0. The highest BCUT2D eigenvalue weighted by Crippen LogP contribution is 2.46. The first-order valence-electron chi connectivity index (χ1n) is 9.27. The van der Waals surface area contributed by atoms with Crippen molar-refractivity contribution in [3.8, 4) is 0 Å². The fraction of sp³-hybridized carbons (Fsp3) is 0.778. The highest BCUT2D eigenvalue weighted by Gasteiger charge is 2.48. The summed E-state index contributed by atoms with van der Waals surface area (Å²) >= 11 is 0. The van der Waals surface area contributed by atoms with Gasteiger partial charge in [0, 0.05) is 44.8 Å². The Labute approximate surface area is 144 Å². The predicted octanol–water partition coefficient (Wildman–Crippen LogP) is 1.13. The summed E-state index contributed by atoms with van der Waals surface area (Å²) in [4.78, 5) is 29.4. The molecule has 0 spiro atoms. The fourth-order valence-corrected chi connectivity index (χ4v) is 4.19. The van der Waals surface area contributed by atoms with E-state index in [4.69, 9.17) is 4.74 Å². The number of carbonyl (C=O) groups is 2. The van der Waals surface area contributed by atoms with Crippen LogP contribution in [0.5, 0.6) is 0 Å². The highest BCUT2D eigenvalue weighted by molar-refractivity contribution is 5.91. The van der Waals surface area contributed by atoms with Crippen LogP contribution in [0.3, 0.4) is 0 Å². The van der Waals surface area contributed by atoms with Gasteiger partial charge >= 0.3 is 0 Å². The molecule has 2 heterocycles. The number of likely N-dealkylation sites (tertiary alicyclic amines) is 1. The van der Waals surface area contributed by atoms with E-state index in [2.05, 4.69) is 16.3 Å². The minimum Gasteiger partial charge on any atom is -0.379 e. The van der Waals surface area contributed by atoms with Crippen LogP contribution in [0.1, 0.15) is 39.0 Å². The molecule has 0 saturated carbocycles. The van der Waals surface area contributed by atoms with Crippen molar-refractivity contribution in [3.63, 3.8) is 0 Å². The molecule has 2 amide bonds. The van der Waals surface area contributed by atoms with Crippen LogP contribution in [-0.2, 0) is 14.3 Å². The van der Waals surface area contributed by atoms with Crippen molar-refractivity contribution in [1.82, 2.24) is 15.1 Å². The van der Waals surface area contributed by atoms with Gasteiger partial charge in [-0.25, -0.2) is 0 Å². The van der Waals surface area contributed by atoms with Gasteiger partial charge in [-0.05, 0) is 32.6 Å². The molecule has 0 radical (unpaired) electrons. The predicted molar refractivity (Wildman–Crippen MR) is 91.3 cm³/mol. The van der Waals surface area contributed by atoms with Crippen LogP contribution < -0.4 is 5.32 Å². The molecule has 2 fully saturated rings. The van der Waals surface area contributed by atoms with Crippen molar-refractivity contribution < 1.29 is 14.3 Å². The molecule has 24 heavy (non-hydrogen) atoms. The first-order valence-corrected chi connectivity index (χ1v) is 9.27. The summed E-state index contributed by atoms with van der Waals surface area (Å²) in [5.41, 5.74) is 0.462. The Morgan fingerprint density at radius 1 is 1.33 bits per heavy atom. The van der Waals surface area contributed by atoms with E-state index in [0.29, 0.717) is 25.9 Å². The van der Waals surface area contributed by atoms with E-state index in [1.165, 1.54) is 0 Å². The lowest BCUT2D eigenvalue weighted by Gasteiger charge is -2.45. The SMILES string of the molecule is CCN1C(=O)CCC2(C(=O)NCCN3CCOCC3)CCCC=C12. The number of nitrogens with one attached hydrogen (secondary N) is 1. The molecule has 6 heteroatoms. The molecule has 134 valence electrons. The summed E-state index contributed by atoms with van der Waals surface area (Å²) in [6.07, 6.45) is 6.07. The van der Waals surface area contributed by atoms with Crippen LogP contribution in [0.2, 0.25) is 0 Å². The van der Waals surface area contributed by atoms with E-state index >= 15 is 0 Å². The van der Waals surface area contributed by atoms with Crippen LogP contribution >= 0.6 is 0 Å². The van der Waals surface area contributed by atoms with Crippen molar-refractivity contribution in [1.29, 1.82) is 0 Å². The van der Waals surface area contributed by atoms with Crippen LogP contribution in [-0.4, -0.2) is 67.6 Å². The maximum atomic E-state index is 13.0. The third kappa shape index (κ3) is 3.35. The summed E-state index contributed by atoms with van der Waals surface area (Å²) in [6, 6.07) is 0. The van der Waals surface area contributed by atoms with Crippen molar-refractivity contribution in [2.24, 2.45) is 5.41 Å². The Morgan fingerprint density at radius 2 is 2.12 bits per heavy atom. The zero-order valence-corrected chi connectivity index (χ0v) is 14.7. The Kier molecular flexibility index (Phi) is 5.56. The first kappa shape index (κ1) is 17.4. The maximum Gasteiger partial charge on any atom is 0.232 e. The number of morpholine rings is 1. The molecule has 1 N–H and O–H groups in total. The van der Waals surface area contributed by atoms with Crippen LogP contribution in [0.15, 0.2) is 11.8 Å². The summed E-state index contributed by atoms with van der Waals surface area (Å²) < 4.78 is 5.35. The molecule has 0 aromatic heterocycles. The van der Waals surface area contributed by atoms with Gasteiger partial charge in [-0.15, -0.1) is 0 Å². The quantitative estimate of drug-likeness (QED) is 0.818. The summed E-state index contributed by atoms with van der Waals surface area (Å²) in [6.45, 7) is 7.58. The molecule has 2 saturated heterocycles. The van der Waals surface area contributed by atoms with Crippen molar-refractivity contribution in [2.75, 3.05) is 45.9 Å². The molecule has 2 aliphatic heterocycles. The Hall–Kier alpha value is -1.40. The standard InChI is InChI=1S/C18H29N3O3/c1-2-21-15-5-3-4-7-18(15,8-6-16(21)22)17(23)19-9-10-20-11-13-24-14-12-20/h5H,2-4,6-14H2,1H3,(H,19,23). The number of ether oxygens (including phenoxy) is 1. The first-order chi connectivity index (χ1) is 11.7. The third-order valence-corrected chi connectivity index (χ3v) is 5.56. The monoisotopic (exact) mass is 335 g/mol. The molecule has 1 aliphatic carbocycles. The molecule has 1 unspecified atom stereocenters. The van der Waals surface area contributed by atoms with Crippen LogP contribution in [0, 0.1) is 5.41 Å². The van der Waals surface area contributed by atoms with E-state index in [1.807, 2.05) is 11.8 Å². The molecule has 6 nitrogen and oxygen atoms in total. The van der Waals surface area contributed by atoms with Gasteiger partial charge in [-0.3, -0.25) is 14.5 Å². The average molecular weight is 335 g/mol. The molecule has 3 aliphatic rings. The molecule has 0 aromatic rings. The van der Waals surface area contributed by atoms with Crippen molar-refractivity contribution >= 4 is 11.8 Å². The molecule has 1 atom stereocenters. The van der Waals surface area contributed by atoms with Gasteiger partial charge in [0.05, 0.1) is 18.6 Å². The van der Waals surface area contributed by atoms with Gasteiger partial charge in [0.15, 0.2) is 0 Å². The Balaban J connectivity index is 1.64. The van der Waals surface area contributed by atoms with Crippen LogP contribution in [0.4, 0.5) is 0 Å². The number of nitrogens with zero attached hydrogens (tertiary/aromatic N) is 2. The second-order valence-corrected chi connectivity index (χ2v) is 6.91. The second-order valence-electron chi connectivity index (χ2n) is 6.91. The minimum absolute atomic E-state index is 0.104. The third-order valence-electron chi connectivity index (χ3n) is 5.56. The second kappa shape index (κ2) is 7.66. The number of hydrogen-bond acceptors (Lipinski definition) is 4. The number of rotatable bonds is 5. The van der Waals surface area contributed by atoms with E-state index in [-0.39, 0.29) is 11.8 Å². The zero-order valence-electron chi connectivity index (χ0n) is 14.7. The van der Waals surface area contributed by atoms with Gasteiger partial charge in [0.1, 0.15) is 0 Å². The average Bonchev–Trinajstić information content (AvgIpc) is 2.62. The topological polar surface area (TPSA) is 61.9 Å². The van der Waals surface area contributed by atoms with Gasteiger partial charge in [-0.2, -0.15) is 0 Å². The number of piperidine rings is 1. The van der Waals surface area contributed by atoms with Crippen LogP contribution in [0.25, 0.3) is 0 Å². The fourth-order valence-electron chi connectivity index (χ4n) is 4.19. The number of amides is 2. The molecule has 0 bridgehead atoms. The molecule has 0 aromatic carbocycles. The zero-order chi connectivity index (χ0) is 17.0. The number of carbonyl (C=O) groups excluding carboxylic acids is 2. The molecule has 3 rings (SSSR count). The van der Waals surface area contributed by atoms with Gasteiger partial charge in [-0.1, -0.05) is 6.08 Å². The largest absolute Gasteiger partial charge is 0.379 e. The highest BCUT2D eigenvalue weighted by atomic mass is 16.5. The molecular weight excluding hydrogens is 306 g/mol. The Morgan fingerprint density at radius 3 is 2.88 bits per heavy atom. The number of fused-ring (bicyclic) bond motifs is 1. The van der Waals surface area contributed by atoms with Crippen molar-refractivity contribution in [3.05, 3.63) is 11.8 Å². The lowest BCUT2D eigenvalue weighted by molar-refractivity contribution is -0.140. The maximum absolute atomic E-state index is 13.0. The smallest absolute Gasteiger partial charge is 0.232 e. The van der Waals surface area contributed by atoms with E-state index in [0.717, 1.165) is 57.8 Å². The molecular formula is C18H29N3O3. The summed E-state index contributed by atoms with van der Waals surface area (Å²) in [5.74, 6) is 0.259. The van der Waals surface area contributed by atoms with E-state index in [9.17, 15) is 9.59 Å². The number of hydrogen-bond donors (Lipinski definition) is 1. The Bertz CT molecular complexity index is 514. The number of allylic oxidation sites excluding steroid dienone is 1. The van der Waals surface area contributed by atoms with Gasteiger partial charge in [0.25, 0.3) is 0 Å². The lowest BCUT2D eigenvalue weighted by atomic mass is 9.69. The normalized spacial score (nSPS) is 28.3. The van der Waals surface area contributed by atoms with E-state index in [1.54, 1.807) is 0 Å². The van der Waals surface area contributed by atoms with Crippen molar-refractivity contribution in [2.45, 2.75) is 39.0 Å². The van der Waals surface area contributed by atoms with E-state index < -0.39 is 5.41 Å². The minimum atomic E-state index is -0.493. The van der Waals surface area contributed by atoms with Gasteiger partial charge in [0.2, 0.25) is 11.8 Å². The summed E-state index contributed by atoms with van der Waals surface area (Å²) in [5, 5.41) is 3.15. The van der Waals surface area contributed by atoms with Gasteiger partial charge < -0.3 is 15.0 Å².